The van der Waals surface area contributed by atoms with Crippen LogP contribution in [0.15, 0.2) is 52.5 Å². The Hall–Kier alpha value is -3.07. The van der Waals surface area contributed by atoms with E-state index in [-0.39, 0.29) is 17.6 Å². The number of nitrogens with zero attached hydrogens (tertiary/aromatic N) is 4. The van der Waals surface area contributed by atoms with Crippen molar-refractivity contribution in [2.24, 2.45) is 0 Å². The average Bonchev–Trinajstić information content (AvgIpc) is 3.41. The molecular formula is C19H19N5O3S. The van der Waals surface area contributed by atoms with Crippen molar-refractivity contribution >= 4 is 35.0 Å². The molecule has 0 spiro atoms. The maximum atomic E-state index is 12.3. The maximum absolute atomic E-state index is 12.3. The lowest BCUT2D eigenvalue weighted by molar-refractivity contribution is -0.116. The van der Waals surface area contributed by atoms with Gasteiger partial charge in [-0.1, -0.05) is 11.8 Å². The van der Waals surface area contributed by atoms with Gasteiger partial charge < -0.3 is 19.2 Å². The Morgan fingerprint density at radius 2 is 2.21 bits per heavy atom. The summed E-state index contributed by atoms with van der Waals surface area (Å²) >= 11 is 1.32. The summed E-state index contributed by atoms with van der Waals surface area (Å²) in [5.41, 5.74) is 2.72. The summed E-state index contributed by atoms with van der Waals surface area (Å²) in [5, 5.41) is 11.5. The molecule has 0 fully saturated rings. The van der Waals surface area contributed by atoms with E-state index < -0.39 is 0 Å². The van der Waals surface area contributed by atoms with Gasteiger partial charge in [-0.3, -0.25) is 9.59 Å². The summed E-state index contributed by atoms with van der Waals surface area (Å²) in [6, 6.07) is 9.34. The van der Waals surface area contributed by atoms with Crippen molar-refractivity contribution in [1.29, 1.82) is 0 Å². The molecule has 144 valence electrons. The Kier molecular flexibility index (Phi) is 5.16. The highest BCUT2D eigenvalue weighted by Gasteiger charge is 2.22. The fraction of sp³-hybridized carbons (Fsp3) is 0.263. The summed E-state index contributed by atoms with van der Waals surface area (Å²) in [4.78, 5) is 25.7. The Labute approximate surface area is 165 Å². The Balaban J connectivity index is 1.35. The standard InChI is InChI=1S/C19H19N5O3S/c1-13(25)24-7-6-14-9-15(4-5-17(14)24)21-18(26)11-28-19-22-20-12-23(19)10-16-3-2-8-27-16/h2-5,8-9,12H,6-7,10-11H2,1H3,(H,21,26). The number of thioether (sulfide) groups is 1. The predicted molar refractivity (Wildman–Crippen MR) is 105 cm³/mol. The molecule has 1 aliphatic heterocycles. The van der Waals surface area contributed by atoms with E-state index in [1.807, 2.05) is 34.9 Å². The fourth-order valence-corrected chi connectivity index (χ4v) is 3.88. The van der Waals surface area contributed by atoms with E-state index in [4.69, 9.17) is 4.42 Å². The van der Waals surface area contributed by atoms with Crippen LogP contribution in [0.3, 0.4) is 0 Å². The van der Waals surface area contributed by atoms with Crippen molar-refractivity contribution < 1.29 is 14.0 Å². The Morgan fingerprint density at radius 3 is 3.00 bits per heavy atom. The molecule has 2 amide bonds. The van der Waals surface area contributed by atoms with Crippen LogP contribution in [-0.2, 0) is 22.6 Å². The molecule has 3 aromatic rings. The van der Waals surface area contributed by atoms with Gasteiger partial charge in [0.2, 0.25) is 11.8 Å². The number of hydrogen-bond donors (Lipinski definition) is 1. The van der Waals surface area contributed by atoms with Crippen LogP contribution in [0.4, 0.5) is 11.4 Å². The Morgan fingerprint density at radius 1 is 1.32 bits per heavy atom. The maximum Gasteiger partial charge on any atom is 0.234 e. The van der Waals surface area contributed by atoms with Gasteiger partial charge in [0.05, 0.1) is 18.6 Å². The minimum absolute atomic E-state index is 0.0330. The first-order valence-electron chi connectivity index (χ1n) is 8.84. The van der Waals surface area contributed by atoms with Crippen molar-refractivity contribution in [2.45, 2.75) is 25.0 Å². The third-order valence-electron chi connectivity index (χ3n) is 4.46. The lowest BCUT2D eigenvalue weighted by atomic mass is 10.1. The van der Waals surface area contributed by atoms with Crippen LogP contribution in [-0.4, -0.2) is 38.9 Å². The molecule has 4 rings (SSSR count). The first-order chi connectivity index (χ1) is 13.6. The normalized spacial score (nSPS) is 12.8. The molecule has 0 radical (unpaired) electrons. The van der Waals surface area contributed by atoms with Gasteiger partial charge in [0.15, 0.2) is 5.16 Å². The van der Waals surface area contributed by atoms with Gasteiger partial charge in [0.1, 0.15) is 12.1 Å². The number of furan rings is 1. The van der Waals surface area contributed by atoms with Crippen molar-refractivity contribution in [3.05, 3.63) is 54.2 Å². The predicted octanol–water partition coefficient (Wildman–Crippen LogP) is 2.56. The van der Waals surface area contributed by atoms with Crippen LogP contribution in [0, 0.1) is 0 Å². The van der Waals surface area contributed by atoms with Crippen LogP contribution < -0.4 is 10.2 Å². The summed E-state index contributed by atoms with van der Waals surface area (Å²) < 4.78 is 7.17. The molecule has 0 unspecified atom stereocenters. The number of carbonyl (C=O) groups is 2. The van der Waals surface area contributed by atoms with E-state index in [0.29, 0.717) is 18.2 Å². The van der Waals surface area contributed by atoms with Crippen LogP contribution in [0.5, 0.6) is 0 Å². The number of anilines is 2. The average molecular weight is 397 g/mol. The highest BCUT2D eigenvalue weighted by molar-refractivity contribution is 7.99. The van der Waals surface area contributed by atoms with Gasteiger partial charge in [-0.25, -0.2) is 0 Å². The number of aromatic nitrogens is 3. The number of carbonyl (C=O) groups excluding carboxylic acids is 2. The molecular weight excluding hydrogens is 378 g/mol. The molecule has 8 nitrogen and oxygen atoms in total. The smallest absolute Gasteiger partial charge is 0.234 e. The second-order valence-electron chi connectivity index (χ2n) is 6.42. The quantitative estimate of drug-likeness (QED) is 0.643. The zero-order chi connectivity index (χ0) is 19.5. The van der Waals surface area contributed by atoms with E-state index in [0.717, 1.165) is 29.1 Å². The van der Waals surface area contributed by atoms with E-state index in [2.05, 4.69) is 15.5 Å². The zero-order valence-corrected chi connectivity index (χ0v) is 16.1. The van der Waals surface area contributed by atoms with Crippen molar-refractivity contribution in [2.75, 3.05) is 22.5 Å². The minimum Gasteiger partial charge on any atom is -0.467 e. The van der Waals surface area contributed by atoms with Gasteiger partial charge in [-0.2, -0.15) is 0 Å². The molecule has 2 aromatic heterocycles. The minimum atomic E-state index is -0.126. The number of fused-ring (bicyclic) bond motifs is 1. The number of benzene rings is 1. The Bertz CT molecular complexity index is 999. The number of nitrogens with one attached hydrogen (secondary N) is 1. The largest absolute Gasteiger partial charge is 0.467 e. The fourth-order valence-electron chi connectivity index (χ4n) is 3.17. The van der Waals surface area contributed by atoms with Crippen molar-refractivity contribution in [3.63, 3.8) is 0 Å². The summed E-state index contributed by atoms with van der Waals surface area (Å²) in [6.45, 7) is 2.76. The lowest BCUT2D eigenvalue weighted by Crippen LogP contribution is -2.25. The number of hydrogen-bond acceptors (Lipinski definition) is 6. The molecule has 0 saturated carbocycles. The molecule has 1 N–H and O–H groups in total. The van der Waals surface area contributed by atoms with Crippen molar-refractivity contribution in [3.8, 4) is 0 Å². The second-order valence-corrected chi connectivity index (χ2v) is 7.36. The molecule has 1 aromatic carbocycles. The van der Waals surface area contributed by atoms with Gasteiger partial charge in [-0.05, 0) is 42.3 Å². The molecule has 0 saturated heterocycles. The van der Waals surface area contributed by atoms with E-state index >= 15 is 0 Å². The van der Waals surface area contributed by atoms with E-state index in [1.165, 1.54) is 11.8 Å². The van der Waals surface area contributed by atoms with Crippen molar-refractivity contribution in [1.82, 2.24) is 14.8 Å². The van der Waals surface area contributed by atoms with E-state index in [1.54, 1.807) is 24.4 Å². The van der Waals surface area contributed by atoms with Gasteiger partial charge >= 0.3 is 0 Å². The monoisotopic (exact) mass is 397 g/mol. The first-order valence-corrected chi connectivity index (χ1v) is 9.82. The molecule has 3 heterocycles. The summed E-state index contributed by atoms with van der Waals surface area (Å²) in [6.07, 6.45) is 4.03. The molecule has 1 aliphatic rings. The highest BCUT2D eigenvalue weighted by Crippen LogP contribution is 2.30. The topological polar surface area (TPSA) is 93.3 Å². The molecule has 28 heavy (non-hydrogen) atoms. The molecule has 9 heteroatoms. The number of amides is 2. The first kappa shape index (κ1) is 18.3. The van der Waals surface area contributed by atoms with Gasteiger partial charge in [-0.15, -0.1) is 10.2 Å². The van der Waals surface area contributed by atoms with Crippen LogP contribution in [0.1, 0.15) is 18.2 Å². The SMILES string of the molecule is CC(=O)N1CCc2cc(NC(=O)CSc3nncn3Cc3ccco3)ccc21. The van der Waals surface area contributed by atoms with Gasteiger partial charge in [0.25, 0.3) is 0 Å². The lowest BCUT2D eigenvalue weighted by Gasteiger charge is -2.15. The second kappa shape index (κ2) is 7.89. The van der Waals surface area contributed by atoms with Crippen LogP contribution in [0.2, 0.25) is 0 Å². The summed E-state index contributed by atoms with van der Waals surface area (Å²) in [5.74, 6) is 0.918. The third-order valence-corrected chi connectivity index (χ3v) is 5.44. The highest BCUT2D eigenvalue weighted by atomic mass is 32.2. The molecule has 0 atom stereocenters. The number of rotatable bonds is 6. The van der Waals surface area contributed by atoms with Gasteiger partial charge in [0, 0.05) is 24.8 Å². The molecule has 0 aliphatic carbocycles. The van der Waals surface area contributed by atoms with Crippen LogP contribution in [0.25, 0.3) is 0 Å². The third kappa shape index (κ3) is 3.94. The molecule has 0 bridgehead atoms. The van der Waals surface area contributed by atoms with E-state index in [9.17, 15) is 9.59 Å². The zero-order valence-electron chi connectivity index (χ0n) is 15.3. The summed E-state index contributed by atoms with van der Waals surface area (Å²) in [7, 11) is 0. The van der Waals surface area contributed by atoms with Crippen LogP contribution >= 0.6 is 11.8 Å².